The molecule has 0 spiro atoms. The van der Waals surface area contributed by atoms with Crippen molar-refractivity contribution >= 4 is 15.7 Å². The predicted octanol–water partition coefficient (Wildman–Crippen LogP) is 1.27. The van der Waals surface area contributed by atoms with Crippen LogP contribution in [0.2, 0.25) is 0 Å². The summed E-state index contributed by atoms with van der Waals surface area (Å²) in [6.45, 7) is 8.47. The van der Waals surface area contributed by atoms with E-state index in [1.54, 1.807) is 0 Å². The van der Waals surface area contributed by atoms with Gasteiger partial charge in [0.2, 0.25) is 10.0 Å². The van der Waals surface area contributed by atoms with Gasteiger partial charge in [-0.25, -0.2) is 13.1 Å². The monoisotopic (exact) mass is 311 g/mol. The van der Waals surface area contributed by atoms with Gasteiger partial charge in [-0.1, -0.05) is 26.0 Å². The first-order valence-electron chi connectivity index (χ1n) is 7.40. The van der Waals surface area contributed by atoms with Crippen molar-refractivity contribution < 1.29 is 8.42 Å². The number of nitrogens with one attached hydrogen (secondary N) is 2. The molecule has 0 aliphatic carbocycles. The molecule has 118 valence electrons. The second kappa shape index (κ2) is 6.77. The molecule has 0 atom stereocenters. The largest absolute Gasteiger partial charge is 0.369 e. The number of piperazine rings is 1. The van der Waals surface area contributed by atoms with Gasteiger partial charge < -0.3 is 10.2 Å². The van der Waals surface area contributed by atoms with Gasteiger partial charge in [-0.3, -0.25) is 0 Å². The molecular formula is C15H25N3O2S. The minimum Gasteiger partial charge on any atom is -0.369 e. The van der Waals surface area contributed by atoms with E-state index < -0.39 is 10.0 Å². The molecule has 0 unspecified atom stereocenters. The van der Waals surface area contributed by atoms with Crippen molar-refractivity contribution in [2.45, 2.75) is 26.3 Å². The number of sulfonamides is 1. The van der Waals surface area contributed by atoms with Gasteiger partial charge in [0.25, 0.3) is 0 Å². The first kappa shape index (κ1) is 16.3. The minimum absolute atomic E-state index is 0.346. The maximum absolute atomic E-state index is 11.4. The Morgan fingerprint density at radius 1 is 1.29 bits per heavy atom. The second-order valence-electron chi connectivity index (χ2n) is 5.87. The molecule has 1 aliphatic heterocycles. The van der Waals surface area contributed by atoms with E-state index in [2.05, 4.69) is 47.0 Å². The Morgan fingerprint density at radius 3 is 2.52 bits per heavy atom. The number of hydrogen-bond donors (Lipinski definition) is 2. The third-order valence-corrected chi connectivity index (χ3v) is 4.42. The highest BCUT2D eigenvalue weighted by molar-refractivity contribution is 7.88. The zero-order valence-corrected chi connectivity index (χ0v) is 13.8. The van der Waals surface area contributed by atoms with E-state index in [9.17, 15) is 8.42 Å². The third-order valence-electron chi connectivity index (χ3n) is 3.75. The summed E-state index contributed by atoms with van der Waals surface area (Å²) in [5, 5.41) is 3.34. The van der Waals surface area contributed by atoms with Crippen LogP contribution in [0.15, 0.2) is 18.2 Å². The first-order valence-corrected chi connectivity index (χ1v) is 9.29. The molecule has 0 bridgehead atoms. The van der Waals surface area contributed by atoms with Gasteiger partial charge in [0.15, 0.2) is 0 Å². The lowest BCUT2D eigenvalue weighted by Gasteiger charge is -2.31. The van der Waals surface area contributed by atoms with Crippen LogP contribution in [-0.2, 0) is 16.6 Å². The SMILES string of the molecule is CC(C)c1ccc(N2CCNCC2)c(CNS(C)(=O)=O)c1. The van der Waals surface area contributed by atoms with Crippen LogP contribution in [0.4, 0.5) is 5.69 Å². The van der Waals surface area contributed by atoms with Gasteiger partial charge in [0.1, 0.15) is 0 Å². The molecule has 0 amide bonds. The fourth-order valence-electron chi connectivity index (χ4n) is 2.53. The normalized spacial score (nSPS) is 16.5. The lowest BCUT2D eigenvalue weighted by molar-refractivity contribution is 0.582. The Labute approximate surface area is 127 Å². The van der Waals surface area contributed by atoms with Crippen LogP contribution in [0.25, 0.3) is 0 Å². The fraction of sp³-hybridized carbons (Fsp3) is 0.600. The molecule has 1 fully saturated rings. The molecular weight excluding hydrogens is 286 g/mol. The number of nitrogens with zero attached hydrogens (tertiary/aromatic N) is 1. The summed E-state index contributed by atoms with van der Waals surface area (Å²) in [6, 6.07) is 6.39. The molecule has 2 N–H and O–H groups in total. The molecule has 6 heteroatoms. The molecule has 0 radical (unpaired) electrons. The van der Waals surface area contributed by atoms with E-state index in [-0.39, 0.29) is 0 Å². The Kier molecular flexibility index (Phi) is 5.24. The van der Waals surface area contributed by atoms with Crippen LogP contribution in [-0.4, -0.2) is 40.9 Å². The summed E-state index contributed by atoms with van der Waals surface area (Å²) < 4.78 is 25.4. The summed E-state index contributed by atoms with van der Waals surface area (Å²) >= 11 is 0. The number of anilines is 1. The fourth-order valence-corrected chi connectivity index (χ4v) is 2.95. The van der Waals surface area contributed by atoms with Crippen LogP contribution < -0.4 is 14.9 Å². The van der Waals surface area contributed by atoms with E-state index in [4.69, 9.17) is 0 Å². The van der Waals surface area contributed by atoms with Crippen LogP contribution in [0, 0.1) is 0 Å². The van der Waals surface area contributed by atoms with Gasteiger partial charge >= 0.3 is 0 Å². The van der Waals surface area contributed by atoms with Crippen molar-refractivity contribution in [2.75, 3.05) is 37.3 Å². The molecule has 5 nitrogen and oxygen atoms in total. The van der Waals surface area contributed by atoms with E-state index >= 15 is 0 Å². The highest BCUT2D eigenvalue weighted by Gasteiger charge is 2.16. The van der Waals surface area contributed by atoms with Crippen molar-refractivity contribution in [3.63, 3.8) is 0 Å². The number of rotatable bonds is 5. The molecule has 1 aromatic carbocycles. The Balaban J connectivity index is 2.28. The van der Waals surface area contributed by atoms with Gasteiger partial charge in [-0.05, 0) is 23.1 Å². The number of hydrogen-bond acceptors (Lipinski definition) is 4. The Morgan fingerprint density at radius 2 is 1.95 bits per heavy atom. The van der Waals surface area contributed by atoms with Crippen LogP contribution in [0.5, 0.6) is 0 Å². The van der Waals surface area contributed by atoms with Gasteiger partial charge in [-0.15, -0.1) is 0 Å². The molecule has 2 rings (SSSR count). The molecule has 0 saturated carbocycles. The zero-order valence-electron chi connectivity index (χ0n) is 13.0. The Bertz CT molecular complexity index is 579. The minimum atomic E-state index is -3.18. The zero-order chi connectivity index (χ0) is 15.5. The average Bonchev–Trinajstić information content (AvgIpc) is 2.45. The summed E-state index contributed by atoms with van der Waals surface area (Å²) in [5.74, 6) is 0.430. The van der Waals surface area contributed by atoms with Crippen molar-refractivity contribution in [3.05, 3.63) is 29.3 Å². The lowest BCUT2D eigenvalue weighted by atomic mass is 9.99. The number of benzene rings is 1. The van der Waals surface area contributed by atoms with Crippen molar-refractivity contribution in [3.8, 4) is 0 Å². The van der Waals surface area contributed by atoms with E-state index in [0.29, 0.717) is 12.5 Å². The van der Waals surface area contributed by atoms with E-state index in [0.717, 1.165) is 37.4 Å². The Hall–Kier alpha value is -1.11. The van der Waals surface area contributed by atoms with Gasteiger partial charge in [-0.2, -0.15) is 0 Å². The van der Waals surface area contributed by atoms with Crippen molar-refractivity contribution in [2.24, 2.45) is 0 Å². The molecule has 1 saturated heterocycles. The average molecular weight is 311 g/mol. The summed E-state index contributed by atoms with van der Waals surface area (Å²) in [6.07, 6.45) is 1.20. The predicted molar refractivity (Wildman–Crippen MR) is 87.3 cm³/mol. The van der Waals surface area contributed by atoms with Gasteiger partial charge in [0.05, 0.1) is 6.26 Å². The second-order valence-corrected chi connectivity index (χ2v) is 7.71. The quantitative estimate of drug-likeness (QED) is 0.860. The molecule has 0 aromatic heterocycles. The van der Waals surface area contributed by atoms with E-state index in [1.807, 2.05) is 0 Å². The van der Waals surface area contributed by atoms with Crippen LogP contribution in [0.3, 0.4) is 0 Å². The topological polar surface area (TPSA) is 61.4 Å². The molecule has 1 aliphatic rings. The summed E-state index contributed by atoms with van der Waals surface area (Å²) in [7, 11) is -3.18. The maximum Gasteiger partial charge on any atom is 0.209 e. The first-order chi connectivity index (χ1) is 9.87. The summed E-state index contributed by atoms with van der Waals surface area (Å²) in [4.78, 5) is 2.32. The maximum atomic E-state index is 11.4. The molecule has 1 aromatic rings. The van der Waals surface area contributed by atoms with Crippen molar-refractivity contribution in [1.29, 1.82) is 0 Å². The molecule has 1 heterocycles. The highest BCUT2D eigenvalue weighted by atomic mass is 32.2. The van der Waals surface area contributed by atoms with Gasteiger partial charge in [0, 0.05) is 38.4 Å². The van der Waals surface area contributed by atoms with Crippen LogP contribution in [0.1, 0.15) is 30.9 Å². The highest BCUT2D eigenvalue weighted by Crippen LogP contribution is 2.26. The lowest BCUT2D eigenvalue weighted by Crippen LogP contribution is -2.44. The third kappa shape index (κ3) is 4.69. The molecule has 21 heavy (non-hydrogen) atoms. The smallest absolute Gasteiger partial charge is 0.209 e. The standard InChI is InChI=1S/C15H25N3O2S/c1-12(2)13-4-5-15(18-8-6-16-7-9-18)14(10-13)11-17-21(3,19)20/h4-5,10,12,16-17H,6-9,11H2,1-3H3. The van der Waals surface area contributed by atoms with Crippen LogP contribution >= 0.6 is 0 Å². The van der Waals surface area contributed by atoms with E-state index in [1.165, 1.54) is 11.8 Å². The summed E-state index contributed by atoms with van der Waals surface area (Å²) in [5.41, 5.74) is 3.42. The van der Waals surface area contributed by atoms with Crippen molar-refractivity contribution in [1.82, 2.24) is 10.0 Å².